The van der Waals surface area contributed by atoms with Crippen LogP contribution in [0.1, 0.15) is 11.5 Å². The zero-order valence-electron chi connectivity index (χ0n) is 11.1. The van der Waals surface area contributed by atoms with Crippen molar-refractivity contribution < 1.29 is 8.42 Å². The van der Waals surface area contributed by atoms with Crippen molar-refractivity contribution in [3.63, 3.8) is 0 Å². The number of hydrogen-bond donors (Lipinski definition) is 1. The third-order valence-corrected chi connectivity index (χ3v) is 6.08. The minimum atomic E-state index is -3.30. The van der Waals surface area contributed by atoms with Crippen molar-refractivity contribution in [3.8, 4) is 0 Å². The molecule has 20 heavy (non-hydrogen) atoms. The van der Waals surface area contributed by atoms with E-state index in [0.717, 1.165) is 5.56 Å². The molecule has 0 radical (unpaired) electrons. The SMILES string of the molecule is O=S(=O)(c1ccccc1)C1CNCC1c1ccccc1. The Morgan fingerprint density at radius 3 is 2.10 bits per heavy atom. The van der Waals surface area contributed by atoms with Gasteiger partial charge < -0.3 is 5.32 Å². The Hall–Kier alpha value is -1.65. The molecular formula is C16H17NO2S. The zero-order chi connectivity index (χ0) is 14.0. The Morgan fingerprint density at radius 1 is 0.850 bits per heavy atom. The minimum absolute atomic E-state index is 0.0152. The molecule has 1 heterocycles. The molecule has 2 aromatic carbocycles. The van der Waals surface area contributed by atoms with Crippen LogP contribution in [-0.2, 0) is 9.84 Å². The molecule has 0 aromatic heterocycles. The second-order valence-electron chi connectivity index (χ2n) is 5.07. The van der Waals surface area contributed by atoms with E-state index >= 15 is 0 Å². The summed E-state index contributed by atoms with van der Waals surface area (Å²) in [4.78, 5) is 0.412. The van der Waals surface area contributed by atoms with E-state index in [4.69, 9.17) is 0 Å². The van der Waals surface area contributed by atoms with Crippen LogP contribution in [0.2, 0.25) is 0 Å². The number of nitrogens with one attached hydrogen (secondary N) is 1. The monoisotopic (exact) mass is 287 g/mol. The van der Waals surface area contributed by atoms with Crippen LogP contribution < -0.4 is 5.32 Å². The molecule has 1 aliphatic rings. The Morgan fingerprint density at radius 2 is 1.45 bits per heavy atom. The van der Waals surface area contributed by atoms with Gasteiger partial charge in [-0.25, -0.2) is 8.42 Å². The highest BCUT2D eigenvalue weighted by Gasteiger charge is 2.38. The first-order chi connectivity index (χ1) is 9.69. The van der Waals surface area contributed by atoms with Gasteiger partial charge in [-0.1, -0.05) is 48.5 Å². The lowest BCUT2D eigenvalue weighted by atomic mass is 9.98. The lowest BCUT2D eigenvalue weighted by molar-refractivity contribution is 0.575. The Labute approximate surface area is 119 Å². The molecule has 1 fully saturated rings. The van der Waals surface area contributed by atoms with Crippen LogP contribution in [-0.4, -0.2) is 26.8 Å². The summed E-state index contributed by atoms with van der Waals surface area (Å²) in [5, 5.41) is 2.82. The molecule has 2 aromatic rings. The van der Waals surface area contributed by atoms with E-state index in [9.17, 15) is 8.42 Å². The molecule has 0 aliphatic carbocycles. The Kier molecular flexibility index (Phi) is 3.59. The van der Waals surface area contributed by atoms with Crippen LogP contribution in [0.4, 0.5) is 0 Å². The summed E-state index contributed by atoms with van der Waals surface area (Å²) >= 11 is 0. The van der Waals surface area contributed by atoms with Crippen molar-refractivity contribution in [2.45, 2.75) is 16.1 Å². The minimum Gasteiger partial charge on any atom is -0.315 e. The quantitative estimate of drug-likeness (QED) is 0.941. The maximum atomic E-state index is 12.8. The maximum Gasteiger partial charge on any atom is 0.183 e. The number of benzene rings is 2. The summed E-state index contributed by atoms with van der Waals surface area (Å²) in [7, 11) is -3.30. The average molecular weight is 287 g/mol. The highest BCUT2D eigenvalue weighted by Crippen LogP contribution is 2.31. The normalized spacial score (nSPS) is 22.8. The molecule has 0 saturated carbocycles. The van der Waals surface area contributed by atoms with Gasteiger partial charge in [0.1, 0.15) is 0 Å². The average Bonchev–Trinajstić information content (AvgIpc) is 2.99. The molecule has 1 aliphatic heterocycles. The third-order valence-electron chi connectivity index (χ3n) is 3.86. The summed E-state index contributed by atoms with van der Waals surface area (Å²) in [6.07, 6.45) is 0. The van der Waals surface area contributed by atoms with E-state index in [1.807, 2.05) is 36.4 Å². The second-order valence-corrected chi connectivity index (χ2v) is 7.24. The fourth-order valence-corrected chi connectivity index (χ4v) is 4.71. The highest BCUT2D eigenvalue weighted by molar-refractivity contribution is 7.92. The molecule has 0 spiro atoms. The van der Waals surface area contributed by atoms with Crippen molar-refractivity contribution in [2.24, 2.45) is 0 Å². The number of rotatable bonds is 3. The predicted octanol–water partition coefficient (Wildman–Crippen LogP) is 2.22. The largest absolute Gasteiger partial charge is 0.315 e. The third kappa shape index (κ3) is 2.37. The summed E-state index contributed by atoms with van der Waals surface area (Å²) < 4.78 is 25.6. The van der Waals surface area contributed by atoms with E-state index in [1.165, 1.54) is 0 Å². The highest BCUT2D eigenvalue weighted by atomic mass is 32.2. The molecule has 3 rings (SSSR count). The van der Waals surface area contributed by atoms with Crippen LogP contribution in [0.3, 0.4) is 0 Å². The standard InChI is InChI=1S/C16H17NO2S/c18-20(19,14-9-5-2-6-10-14)16-12-17-11-15(16)13-7-3-1-4-8-13/h1-10,15-17H,11-12H2. The van der Waals surface area contributed by atoms with Gasteiger partial charge in [-0.2, -0.15) is 0 Å². The van der Waals surface area contributed by atoms with Crippen molar-refractivity contribution in [1.29, 1.82) is 0 Å². The van der Waals surface area contributed by atoms with Gasteiger partial charge in [0.2, 0.25) is 0 Å². The van der Waals surface area contributed by atoms with Crippen LogP contribution in [0.5, 0.6) is 0 Å². The van der Waals surface area contributed by atoms with Crippen molar-refractivity contribution in [2.75, 3.05) is 13.1 Å². The smallest absolute Gasteiger partial charge is 0.183 e. The van der Waals surface area contributed by atoms with Gasteiger partial charge in [-0.15, -0.1) is 0 Å². The van der Waals surface area contributed by atoms with Gasteiger partial charge in [0.25, 0.3) is 0 Å². The predicted molar refractivity (Wildman–Crippen MR) is 79.5 cm³/mol. The molecule has 0 amide bonds. The zero-order valence-corrected chi connectivity index (χ0v) is 11.9. The fourth-order valence-electron chi connectivity index (χ4n) is 2.80. The lowest BCUT2D eigenvalue weighted by Gasteiger charge is -2.19. The van der Waals surface area contributed by atoms with Gasteiger partial charge in [-0.05, 0) is 17.7 Å². The molecule has 1 saturated heterocycles. The van der Waals surface area contributed by atoms with Crippen molar-refractivity contribution >= 4 is 9.84 Å². The van der Waals surface area contributed by atoms with E-state index in [0.29, 0.717) is 18.0 Å². The molecule has 1 N–H and O–H groups in total. The lowest BCUT2D eigenvalue weighted by Crippen LogP contribution is -2.28. The van der Waals surface area contributed by atoms with Crippen molar-refractivity contribution in [3.05, 3.63) is 66.2 Å². The van der Waals surface area contributed by atoms with Gasteiger partial charge >= 0.3 is 0 Å². The van der Waals surface area contributed by atoms with E-state index in [-0.39, 0.29) is 5.92 Å². The van der Waals surface area contributed by atoms with Crippen LogP contribution in [0.15, 0.2) is 65.6 Å². The Bertz CT molecular complexity index is 668. The molecule has 3 nitrogen and oxygen atoms in total. The van der Waals surface area contributed by atoms with Crippen LogP contribution >= 0.6 is 0 Å². The molecule has 104 valence electrons. The maximum absolute atomic E-state index is 12.8. The number of hydrogen-bond acceptors (Lipinski definition) is 3. The van der Waals surface area contributed by atoms with E-state index in [2.05, 4.69) is 5.32 Å². The van der Waals surface area contributed by atoms with Crippen LogP contribution in [0, 0.1) is 0 Å². The summed E-state index contributed by atoms with van der Waals surface area (Å²) in [6, 6.07) is 18.6. The Balaban J connectivity index is 1.97. The fraction of sp³-hybridized carbons (Fsp3) is 0.250. The molecular weight excluding hydrogens is 270 g/mol. The molecule has 2 atom stereocenters. The molecule has 4 heteroatoms. The number of sulfone groups is 1. The summed E-state index contributed by atoms with van der Waals surface area (Å²) in [6.45, 7) is 1.22. The second kappa shape index (κ2) is 5.38. The van der Waals surface area contributed by atoms with Gasteiger partial charge in [-0.3, -0.25) is 0 Å². The summed E-state index contributed by atoms with van der Waals surface area (Å²) in [5.41, 5.74) is 1.09. The molecule has 2 unspecified atom stereocenters. The van der Waals surface area contributed by atoms with Gasteiger partial charge in [0, 0.05) is 19.0 Å². The first-order valence-electron chi connectivity index (χ1n) is 6.74. The topological polar surface area (TPSA) is 46.2 Å². The van der Waals surface area contributed by atoms with E-state index < -0.39 is 15.1 Å². The van der Waals surface area contributed by atoms with E-state index in [1.54, 1.807) is 24.3 Å². The summed E-state index contributed by atoms with van der Waals surface area (Å²) in [5.74, 6) is 0.0152. The van der Waals surface area contributed by atoms with Crippen LogP contribution in [0.25, 0.3) is 0 Å². The van der Waals surface area contributed by atoms with Gasteiger partial charge in [0.05, 0.1) is 10.1 Å². The van der Waals surface area contributed by atoms with Gasteiger partial charge in [0.15, 0.2) is 9.84 Å². The first-order valence-corrected chi connectivity index (χ1v) is 8.29. The molecule has 0 bridgehead atoms. The van der Waals surface area contributed by atoms with Crippen molar-refractivity contribution in [1.82, 2.24) is 5.32 Å². The first kappa shape index (κ1) is 13.3.